The number of nitrogen functional groups attached to an aromatic ring is 1. The Morgan fingerprint density at radius 3 is 2.75 bits per heavy atom. The first-order valence-corrected chi connectivity index (χ1v) is 3.46. The van der Waals surface area contributed by atoms with E-state index in [9.17, 15) is 0 Å². The molecule has 0 heterocycles. The standard InChI is InChI=1S/C7H6ClN3O/c8-7-5(10)1-4(3-9)2-6(7)11-12/h1-2,11-12H,10H2. The van der Waals surface area contributed by atoms with Gasteiger partial charge in [0.15, 0.2) is 0 Å². The van der Waals surface area contributed by atoms with Crippen molar-refractivity contribution >= 4 is 23.0 Å². The number of rotatable bonds is 1. The summed E-state index contributed by atoms with van der Waals surface area (Å²) in [6, 6.07) is 4.72. The maximum atomic E-state index is 8.56. The van der Waals surface area contributed by atoms with Crippen molar-refractivity contribution in [1.29, 1.82) is 5.26 Å². The van der Waals surface area contributed by atoms with Crippen molar-refractivity contribution < 1.29 is 5.21 Å². The van der Waals surface area contributed by atoms with Crippen LogP contribution < -0.4 is 11.2 Å². The van der Waals surface area contributed by atoms with E-state index < -0.39 is 0 Å². The van der Waals surface area contributed by atoms with Crippen LogP contribution in [0.4, 0.5) is 11.4 Å². The molecule has 0 bridgehead atoms. The summed E-state index contributed by atoms with van der Waals surface area (Å²) in [4.78, 5) is 0. The Balaban J connectivity index is 3.31. The number of hydrogen-bond acceptors (Lipinski definition) is 4. The van der Waals surface area contributed by atoms with Gasteiger partial charge in [-0.1, -0.05) is 11.6 Å². The van der Waals surface area contributed by atoms with Gasteiger partial charge in [-0.05, 0) is 12.1 Å². The van der Waals surface area contributed by atoms with E-state index in [2.05, 4.69) is 0 Å². The van der Waals surface area contributed by atoms with Gasteiger partial charge in [-0.2, -0.15) is 5.26 Å². The zero-order valence-corrected chi connectivity index (χ0v) is 6.76. The van der Waals surface area contributed by atoms with E-state index in [1.54, 1.807) is 0 Å². The highest BCUT2D eigenvalue weighted by atomic mass is 35.5. The van der Waals surface area contributed by atoms with Gasteiger partial charge in [0, 0.05) is 0 Å². The molecule has 0 aliphatic rings. The highest BCUT2D eigenvalue weighted by Crippen LogP contribution is 2.28. The molecule has 4 nitrogen and oxygen atoms in total. The summed E-state index contributed by atoms with van der Waals surface area (Å²) >= 11 is 5.67. The normalized spacial score (nSPS) is 9.08. The largest absolute Gasteiger partial charge is 0.397 e. The Hall–Kier alpha value is -1.44. The maximum absolute atomic E-state index is 8.56. The summed E-state index contributed by atoms with van der Waals surface area (Å²) < 4.78 is 0. The molecule has 0 saturated carbocycles. The number of benzene rings is 1. The number of nitriles is 1. The Morgan fingerprint density at radius 1 is 1.58 bits per heavy atom. The van der Waals surface area contributed by atoms with Gasteiger partial charge in [0.05, 0.1) is 28.0 Å². The van der Waals surface area contributed by atoms with Crippen LogP contribution in [0.15, 0.2) is 12.1 Å². The van der Waals surface area contributed by atoms with Crippen LogP contribution in [0, 0.1) is 11.3 Å². The van der Waals surface area contributed by atoms with Crippen molar-refractivity contribution in [2.75, 3.05) is 11.2 Å². The lowest BCUT2D eigenvalue weighted by Gasteiger charge is -2.04. The van der Waals surface area contributed by atoms with E-state index in [0.717, 1.165) is 0 Å². The highest BCUT2D eigenvalue weighted by molar-refractivity contribution is 6.35. The molecule has 62 valence electrons. The van der Waals surface area contributed by atoms with E-state index in [1.807, 2.05) is 11.5 Å². The van der Waals surface area contributed by atoms with Gasteiger partial charge in [0.1, 0.15) is 0 Å². The fourth-order valence-electron chi connectivity index (χ4n) is 0.793. The smallest absolute Gasteiger partial charge is 0.0993 e. The van der Waals surface area contributed by atoms with Gasteiger partial charge in [-0.3, -0.25) is 10.7 Å². The van der Waals surface area contributed by atoms with Crippen LogP contribution >= 0.6 is 11.6 Å². The molecule has 0 unspecified atom stereocenters. The second kappa shape index (κ2) is 3.30. The van der Waals surface area contributed by atoms with E-state index in [0.29, 0.717) is 5.56 Å². The predicted molar refractivity (Wildman–Crippen MR) is 46.0 cm³/mol. The lowest BCUT2D eigenvalue weighted by atomic mass is 10.2. The lowest BCUT2D eigenvalue weighted by molar-refractivity contribution is 0.389. The molecule has 0 atom stereocenters. The summed E-state index contributed by atoms with van der Waals surface area (Å²) in [6.07, 6.45) is 0. The fourth-order valence-corrected chi connectivity index (χ4v) is 0.944. The van der Waals surface area contributed by atoms with Crippen LogP contribution in [0.25, 0.3) is 0 Å². The molecule has 12 heavy (non-hydrogen) atoms. The summed E-state index contributed by atoms with van der Waals surface area (Å²) in [5.41, 5.74) is 8.11. The summed E-state index contributed by atoms with van der Waals surface area (Å²) in [6.45, 7) is 0. The Morgan fingerprint density at radius 2 is 2.25 bits per heavy atom. The van der Waals surface area contributed by atoms with E-state index >= 15 is 0 Å². The van der Waals surface area contributed by atoms with Crippen molar-refractivity contribution in [3.63, 3.8) is 0 Å². The lowest BCUT2D eigenvalue weighted by Crippen LogP contribution is -1.95. The minimum Gasteiger partial charge on any atom is -0.397 e. The van der Waals surface area contributed by atoms with Crippen LogP contribution in [0.5, 0.6) is 0 Å². The van der Waals surface area contributed by atoms with E-state index in [-0.39, 0.29) is 16.4 Å². The van der Waals surface area contributed by atoms with Gasteiger partial charge >= 0.3 is 0 Å². The molecule has 0 amide bonds. The predicted octanol–water partition coefficient (Wildman–Crippen LogP) is 1.59. The molecule has 0 saturated heterocycles. The first-order valence-electron chi connectivity index (χ1n) is 3.08. The Kier molecular flexibility index (Phi) is 2.38. The van der Waals surface area contributed by atoms with Crippen LogP contribution in [0.1, 0.15) is 5.56 Å². The number of hydrogen-bond donors (Lipinski definition) is 3. The molecule has 1 aromatic rings. The first-order chi connectivity index (χ1) is 5.69. The molecule has 0 aliphatic heterocycles. The fraction of sp³-hybridized carbons (Fsp3) is 0. The number of anilines is 2. The molecule has 0 aliphatic carbocycles. The SMILES string of the molecule is N#Cc1cc(N)c(Cl)c(NO)c1. The molecular formula is C7H6ClN3O. The second-order valence-corrected chi connectivity index (χ2v) is 2.53. The van der Waals surface area contributed by atoms with Gasteiger partial charge in [0.2, 0.25) is 0 Å². The van der Waals surface area contributed by atoms with Crippen LogP contribution in [0.2, 0.25) is 5.02 Å². The minimum absolute atomic E-state index is 0.205. The Labute approximate surface area is 74.1 Å². The number of halogens is 1. The first kappa shape index (κ1) is 8.65. The Bertz CT molecular complexity index is 345. The van der Waals surface area contributed by atoms with E-state index in [1.165, 1.54) is 12.1 Å². The average Bonchev–Trinajstić information content (AvgIpc) is 2.09. The molecule has 1 aromatic carbocycles. The summed E-state index contributed by atoms with van der Waals surface area (Å²) in [5, 5.41) is 17.3. The number of nitrogens with two attached hydrogens (primary N) is 1. The minimum atomic E-state index is 0.205. The molecular weight excluding hydrogens is 178 g/mol. The zero-order valence-electron chi connectivity index (χ0n) is 6.00. The monoisotopic (exact) mass is 183 g/mol. The third kappa shape index (κ3) is 1.42. The molecule has 0 radical (unpaired) electrons. The van der Waals surface area contributed by atoms with Gasteiger partial charge in [-0.15, -0.1) is 0 Å². The topological polar surface area (TPSA) is 82.1 Å². The zero-order chi connectivity index (χ0) is 9.14. The van der Waals surface area contributed by atoms with Crippen molar-refractivity contribution in [3.05, 3.63) is 22.7 Å². The van der Waals surface area contributed by atoms with Crippen LogP contribution in [-0.4, -0.2) is 5.21 Å². The van der Waals surface area contributed by atoms with Crippen LogP contribution in [0.3, 0.4) is 0 Å². The van der Waals surface area contributed by atoms with Crippen molar-refractivity contribution in [3.8, 4) is 6.07 Å². The van der Waals surface area contributed by atoms with Crippen molar-refractivity contribution in [2.24, 2.45) is 0 Å². The summed E-state index contributed by atoms with van der Waals surface area (Å²) in [5.74, 6) is 0. The molecule has 0 aromatic heterocycles. The third-order valence-electron chi connectivity index (χ3n) is 1.35. The number of nitrogens with one attached hydrogen (secondary N) is 1. The molecule has 1 rings (SSSR count). The molecule has 0 spiro atoms. The van der Waals surface area contributed by atoms with Gasteiger partial charge < -0.3 is 5.73 Å². The van der Waals surface area contributed by atoms with Crippen molar-refractivity contribution in [2.45, 2.75) is 0 Å². The average molecular weight is 184 g/mol. The summed E-state index contributed by atoms with van der Waals surface area (Å²) in [7, 11) is 0. The van der Waals surface area contributed by atoms with Crippen LogP contribution in [-0.2, 0) is 0 Å². The molecule has 5 heteroatoms. The molecule has 0 fully saturated rings. The number of nitrogens with zero attached hydrogens (tertiary/aromatic N) is 1. The highest BCUT2D eigenvalue weighted by Gasteiger charge is 2.05. The maximum Gasteiger partial charge on any atom is 0.0993 e. The third-order valence-corrected chi connectivity index (χ3v) is 1.77. The molecule has 4 N–H and O–H groups in total. The quantitative estimate of drug-likeness (QED) is 0.456. The van der Waals surface area contributed by atoms with Crippen molar-refractivity contribution in [1.82, 2.24) is 0 Å². The van der Waals surface area contributed by atoms with E-state index in [4.69, 9.17) is 27.8 Å². The van der Waals surface area contributed by atoms with Gasteiger partial charge in [0.25, 0.3) is 0 Å². The second-order valence-electron chi connectivity index (χ2n) is 2.15. The van der Waals surface area contributed by atoms with Gasteiger partial charge in [-0.25, -0.2) is 0 Å².